The van der Waals surface area contributed by atoms with Crippen molar-refractivity contribution in [1.82, 2.24) is 0 Å². The van der Waals surface area contributed by atoms with E-state index in [-0.39, 0.29) is 24.8 Å². The van der Waals surface area contributed by atoms with Crippen LogP contribution in [-0.2, 0) is 17.4 Å². The van der Waals surface area contributed by atoms with E-state index in [1.807, 2.05) is 0 Å². The van der Waals surface area contributed by atoms with Crippen LogP contribution in [0.4, 0.5) is 0 Å². The van der Waals surface area contributed by atoms with Gasteiger partial charge in [0, 0.05) is 0 Å². The second-order valence-corrected chi connectivity index (χ2v) is 7.62. The summed E-state index contributed by atoms with van der Waals surface area (Å²) in [6.45, 7) is 4.37. The van der Waals surface area contributed by atoms with Gasteiger partial charge >= 0.3 is 92.1 Å². The Labute approximate surface area is 116 Å². The predicted octanol–water partition coefficient (Wildman–Crippen LogP) is 4.35. The third-order valence-corrected chi connectivity index (χ3v) is 6.38. The second-order valence-electron chi connectivity index (χ2n) is 4.12. The third-order valence-electron chi connectivity index (χ3n) is 2.87. The topological polar surface area (TPSA) is 0 Å². The van der Waals surface area contributed by atoms with Gasteiger partial charge in [0.1, 0.15) is 0 Å². The average molecular weight is 293 g/mol. The molecule has 0 N–H and O–H groups in total. The Balaban J connectivity index is 0.00000112. The molecule has 0 saturated heterocycles. The summed E-state index contributed by atoms with van der Waals surface area (Å²) in [5.41, 5.74) is 2.86. The van der Waals surface area contributed by atoms with E-state index in [1.165, 1.54) is 24.0 Å². The molecule has 2 aliphatic rings. The van der Waals surface area contributed by atoms with Crippen LogP contribution in [0.1, 0.15) is 26.7 Å². The zero-order chi connectivity index (χ0) is 10.1. The fraction of sp³-hybridized carbons (Fsp3) is 0.308. The molecular weight excluding hydrogens is 275 g/mol. The summed E-state index contributed by atoms with van der Waals surface area (Å²) >= 11 is -1.30. The monoisotopic (exact) mass is 292 g/mol. The van der Waals surface area contributed by atoms with E-state index in [9.17, 15) is 0 Å². The molecule has 0 aromatic carbocycles. The van der Waals surface area contributed by atoms with Crippen molar-refractivity contribution in [2.45, 2.75) is 26.7 Å². The molecule has 0 nitrogen and oxygen atoms in total. The maximum absolute atomic E-state index is 4.43. The zero-order valence-corrected chi connectivity index (χ0v) is 12.9. The molecule has 0 spiro atoms. The van der Waals surface area contributed by atoms with Crippen molar-refractivity contribution in [3.05, 3.63) is 43.2 Å². The molecule has 0 amide bonds. The molecule has 0 bridgehead atoms. The molecule has 2 rings (SSSR count). The molecule has 3 heteroatoms. The van der Waals surface area contributed by atoms with E-state index in [2.05, 4.69) is 43.0 Å². The molecule has 0 radical (unpaired) electrons. The summed E-state index contributed by atoms with van der Waals surface area (Å²) in [5.74, 6) is 0. The first kappa shape index (κ1) is 16.1. The zero-order valence-electron chi connectivity index (χ0n) is 9.75. The van der Waals surface area contributed by atoms with Gasteiger partial charge in [0.05, 0.1) is 0 Å². The van der Waals surface area contributed by atoms with Crippen LogP contribution in [0.3, 0.4) is 0 Å². The number of allylic oxidation sites excluding steroid dienone is 8. The van der Waals surface area contributed by atoms with Crippen molar-refractivity contribution < 1.29 is 17.4 Å². The maximum atomic E-state index is 4.43. The Morgan fingerprint density at radius 2 is 1.31 bits per heavy atom. The van der Waals surface area contributed by atoms with Crippen LogP contribution in [0.15, 0.2) is 43.2 Å². The van der Waals surface area contributed by atoms with E-state index >= 15 is 0 Å². The molecule has 0 heterocycles. The van der Waals surface area contributed by atoms with Gasteiger partial charge in [0.15, 0.2) is 0 Å². The molecule has 0 fully saturated rings. The van der Waals surface area contributed by atoms with Gasteiger partial charge in [-0.2, -0.15) is 0 Å². The average Bonchev–Trinajstić information content (AvgIpc) is 2.73. The summed E-state index contributed by atoms with van der Waals surface area (Å²) < 4.78 is 3.27. The normalized spacial score (nSPS) is 17.6. The summed E-state index contributed by atoms with van der Waals surface area (Å²) in [6, 6.07) is 0. The van der Waals surface area contributed by atoms with Gasteiger partial charge in [-0.05, 0) is 0 Å². The van der Waals surface area contributed by atoms with E-state index in [0.29, 0.717) is 0 Å². The number of rotatable bonds is 2. The van der Waals surface area contributed by atoms with Crippen molar-refractivity contribution >= 4 is 29.6 Å². The summed E-state index contributed by atoms with van der Waals surface area (Å²) in [6.07, 6.45) is 11.7. The molecule has 0 unspecified atom stereocenters. The molecule has 2 aliphatic carbocycles. The predicted molar refractivity (Wildman–Crippen MR) is 74.5 cm³/mol. The fourth-order valence-electron chi connectivity index (χ4n) is 1.95. The first-order chi connectivity index (χ1) is 6.66. The minimum absolute atomic E-state index is 0. The van der Waals surface area contributed by atoms with Gasteiger partial charge in [-0.15, -0.1) is 24.8 Å². The minimum atomic E-state index is -1.30. The van der Waals surface area contributed by atoms with E-state index < -0.39 is 17.4 Å². The van der Waals surface area contributed by atoms with Gasteiger partial charge in [-0.3, -0.25) is 0 Å². The molecule has 88 valence electrons. The third kappa shape index (κ3) is 3.56. The van der Waals surface area contributed by atoms with Gasteiger partial charge in [-0.1, -0.05) is 0 Å². The van der Waals surface area contributed by atoms with Gasteiger partial charge in [0.2, 0.25) is 0 Å². The first-order valence-electron chi connectivity index (χ1n) is 5.11. The fourth-order valence-corrected chi connectivity index (χ4v) is 4.94. The Kier molecular flexibility index (Phi) is 6.81. The Morgan fingerprint density at radius 3 is 1.56 bits per heavy atom. The van der Waals surface area contributed by atoms with E-state index in [0.717, 1.165) is 0 Å². The van der Waals surface area contributed by atoms with E-state index in [4.69, 9.17) is 0 Å². The standard InChI is InChI=1S/2C6H7.CH2.2ClH.Ti/c2*1-6-4-2-3-5-6;;;;/h2*4-5H,2H2,1H3;1H2;2*1H;. The van der Waals surface area contributed by atoms with Crippen LogP contribution < -0.4 is 0 Å². The quantitative estimate of drug-likeness (QED) is 0.664. The number of hydrogen-bond acceptors (Lipinski definition) is 0. The van der Waals surface area contributed by atoms with Crippen LogP contribution in [-0.4, -0.2) is 4.82 Å². The van der Waals surface area contributed by atoms with Crippen molar-refractivity contribution in [3.8, 4) is 0 Å². The van der Waals surface area contributed by atoms with E-state index in [1.54, 1.807) is 7.76 Å². The molecule has 0 atom stereocenters. The van der Waals surface area contributed by atoms with Crippen molar-refractivity contribution in [3.63, 3.8) is 0 Å². The van der Waals surface area contributed by atoms with Crippen LogP contribution in [0.5, 0.6) is 0 Å². The Bertz CT molecular complexity index is 374. The molecule has 0 aliphatic heterocycles. The first-order valence-corrected chi connectivity index (χ1v) is 7.77. The second kappa shape index (κ2) is 6.76. The summed E-state index contributed by atoms with van der Waals surface area (Å²) in [4.78, 5) is 4.43. The summed E-state index contributed by atoms with van der Waals surface area (Å²) in [5, 5.41) is 0. The van der Waals surface area contributed by atoms with Crippen molar-refractivity contribution in [1.29, 1.82) is 0 Å². The Hall–Kier alpha value is 0.124. The van der Waals surface area contributed by atoms with Gasteiger partial charge in [-0.25, -0.2) is 0 Å². The number of halogens is 2. The molecule has 0 aromatic heterocycles. The molecule has 0 saturated carbocycles. The summed E-state index contributed by atoms with van der Waals surface area (Å²) in [7, 11) is 0. The van der Waals surface area contributed by atoms with Crippen LogP contribution in [0.25, 0.3) is 0 Å². The van der Waals surface area contributed by atoms with Crippen LogP contribution in [0.2, 0.25) is 0 Å². The molecule has 16 heavy (non-hydrogen) atoms. The van der Waals surface area contributed by atoms with Crippen LogP contribution in [0, 0.1) is 0 Å². The molecular formula is C13H18Cl2Ti. The molecule has 0 aromatic rings. The van der Waals surface area contributed by atoms with Crippen LogP contribution >= 0.6 is 24.8 Å². The van der Waals surface area contributed by atoms with Crippen molar-refractivity contribution in [2.75, 3.05) is 0 Å². The SMILES string of the molecule is Cl.Cl.[CH2]=[Ti]([C]1=CC(C)=CC1)[C]1=CC(C)=CC1. The number of hydrogen-bond donors (Lipinski definition) is 0. The van der Waals surface area contributed by atoms with Crippen molar-refractivity contribution in [2.24, 2.45) is 0 Å². The Morgan fingerprint density at radius 1 is 0.938 bits per heavy atom. The van der Waals surface area contributed by atoms with Gasteiger partial charge < -0.3 is 0 Å². The van der Waals surface area contributed by atoms with Gasteiger partial charge in [0.25, 0.3) is 0 Å².